The third-order valence-electron chi connectivity index (χ3n) is 4.70. The first-order valence-corrected chi connectivity index (χ1v) is 9.69. The van der Waals surface area contributed by atoms with Gasteiger partial charge in [0.05, 0.1) is 6.42 Å². The highest BCUT2D eigenvalue weighted by Gasteiger charge is 2.34. The van der Waals surface area contributed by atoms with Gasteiger partial charge < -0.3 is 5.11 Å². The number of carboxylic acids is 1. The average molecular weight is 369 g/mol. The van der Waals surface area contributed by atoms with Crippen molar-refractivity contribution in [3.05, 3.63) is 33.8 Å². The van der Waals surface area contributed by atoms with E-state index in [4.69, 9.17) is 5.11 Å². The number of hydrogen-bond acceptors (Lipinski definition) is 2. The summed E-state index contributed by atoms with van der Waals surface area (Å²) in [5.41, 5.74) is 2.60. The summed E-state index contributed by atoms with van der Waals surface area (Å²) in [7, 11) is 0. The molecule has 0 amide bonds. The van der Waals surface area contributed by atoms with Crippen molar-refractivity contribution in [2.75, 3.05) is 11.5 Å². The number of thioether (sulfide) groups is 1. The van der Waals surface area contributed by atoms with Crippen molar-refractivity contribution in [2.45, 2.75) is 43.9 Å². The van der Waals surface area contributed by atoms with E-state index in [1.54, 1.807) is 0 Å². The summed E-state index contributed by atoms with van der Waals surface area (Å²) in [5, 5.41) is 9.14. The van der Waals surface area contributed by atoms with Crippen LogP contribution in [-0.4, -0.2) is 22.6 Å². The number of rotatable bonds is 5. The largest absolute Gasteiger partial charge is 0.481 e. The van der Waals surface area contributed by atoms with Gasteiger partial charge in [-0.05, 0) is 72.1 Å². The second-order valence-corrected chi connectivity index (χ2v) is 8.29. The third kappa shape index (κ3) is 3.84. The Hall–Kier alpha value is -0.480. The minimum Gasteiger partial charge on any atom is -0.481 e. The number of carbonyl (C=O) groups is 1. The second kappa shape index (κ2) is 6.74. The summed E-state index contributed by atoms with van der Waals surface area (Å²) in [4.78, 5) is 11.1. The van der Waals surface area contributed by atoms with Crippen molar-refractivity contribution in [2.24, 2.45) is 5.92 Å². The Bertz CT molecular complexity index is 522. The normalized spacial score (nSPS) is 21.2. The van der Waals surface area contributed by atoms with Gasteiger partial charge in [0.25, 0.3) is 0 Å². The van der Waals surface area contributed by atoms with Gasteiger partial charge >= 0.3 is 5.97 Å². The van der Waals surface area contributed by atoms with Crippen LogP contribution in [0.5, 0.6) is 0 Å². The highest BCUT2D eigenvalue weighted by Crippen LogP contribution is 2.46. The Labute approximate surface area is 138 Å². The molecular weight excluding hydrogens is 348 g/mol. The molecule has 1 aromatic rings. The van der Waals surface area contributed by atoms with E-state index in [0.29, 0.717) is 11.8 Å². The minimum absolute atomic E-state index is 0.190. The molecule has 0 radical (unpaired) electrons. The molecule has 0 bridgehead atoms. The van der Waals surface area contributed by atoms with E-state index in [1.807, 2.05) is 11.8 Å². The molecule has 1 heterocycles. The quantitative estimate of drug-likeness (QED) is 0.791. The summed E-state index contributed by atoms with van der Waals surface area (Å²) in [6, 6.07) is 6.59. The predicted molar refractivity (Wildman–Crippen MR) is 91.2 cm³/mol. The third-order valence-corrected chi connectivity index (χ3v) is 6.43. The Kier molecular flexibility index (Phi) is 4.95. The number of benzene rings is 1. The van der Waals surface area contributed by atoms with Crippen LogP contribution in [0, 0.1) is 5.92 Å². The lowest BCUT2D eigenvalue weighted by molar-refractivity contribution is -0.137. The first-order chi connectivity index (χ1) is 10.1. The molecule has 4 heteroatoms. The molecular formula is C17H21BrO2S. The van der Waals surface area contributed by atoms with Crippen LogP contribution in [-0.2, 0) is 4.79 Å². The van der Waals surface area contributed by atoms with Gasteiger partial charge in [0.15, 0.2) is 0 Å². The van der Waals surface area contributed by atoms with Gasteiger partial charge in [-0.1, -0.05) is 28.1 Å². The van der Waals surface area contributed by atoms with Crippen molar-refractivity contribution < 1.29 is 9.90 Å². The molecule has 1 N–H and O–H groups in total. The first-order valence-electron chi connectivity index (χ1n) is 7.74. The van der Waals surface area contributed by atoms with Crippen molar-refractivity contribution in [3.63, 3.8) is 0 Å². The summed E-state index contributed by atoms with van der Waals surface area (Å²) >= 11 is 5.78. The van der Waals surface area contributed by atoms with Crippen molar-refractivity contribution in [3.8, 4) is 0 Å². The van der Waals surface area contributed by atoms with E-state index < -0.39 is 5.97 Å². The molecule has 1 atom stereocenters. The zero-order valence-corrected chi connectivity index (χ0v) is 14.5. The van der Waals surface area contributed by atoms with E-state index in [2.05, 4.69) is 34.1 Å². The molecule has 1 saturated heterocycles. The summed E-state index contributed by atoms with van der Waals surface area (Å²) in [5.74, 6) is 3.25. The monoisotopic (exact) mass is 368 g/mol. The molecule has 21 heavy (non-hydrogen) atoms. The summed E-state index contributed by atoms with van der Waals surface area (Å²) in [6.07, 6.45) is 5.12. The van der Waals surface area contributed by atoms with Crippen LogP contribution in [0.4, 0.5) is 0 Å². The number of hydrogen-bond donors (Lipinski definition) is 1. The Morgan fingerprint density at radius 2 is 2.00 bits per heavy atom. The minimum atomic E-state index is -0.684. The van der Waals surface area contributed by atoms with E-state index >= 15 is 0 Å². The lowest BCUT2D eigenvalue weighted by Crippen LogP contribution is -2.11. The maximum Gasteiger partial charge on any atom is 0.303 e. The van der Waals surface area contributed by atoms with Gasteiger partial charge in [0.1, 0.15) is 0 Å². The SMILES string of the molecule is O=C(O)CC(c1ccc(C2CCSCC2)c(Br)c1)C1CC1. The van der Waals surface area contributed by atoms with Crippen LogP contribution in [0.1, 0.15) is 55.1 Å². The van der Waals surface area contributed by atoms with Crippen LogP contribution in [0.15, 0.2) is 22.7 Å². The zero-order valence-electron chi connectivity index (χ0n) is 12.1. The highest BCUT2D eigenvalue weighted by atomic mass is 79.9. The first kappa shape index (κ1) is 15.4. The lowest BCUT2D eigenvalue weighted by atomic mass is 9.87. The van der Waals surface area contributed by atoms with E-state index in [0.717, 1.165) is 0 Å². The van der Waals surface area contributed by atoms with Gasteiger partial charge in [-0.25, -0.2) is 0 Å². The van der Waals surface area contributed by atoms with Crippen LogP contribution in [0.25, 0.3) is 0 Å². The van der Waals surface area contributed by atoms with Crippen molar-refractivity contribution in [1.29, 1.82) is 0 Å². The van der Waals surface area contributed by atoms with Crippen LogP contribution in [0.3, 0.4) is 0 Å². The molecule has 1 aliphatic carbocycles. The van der Waals surface area contributed by atoms with Gasteiger partial charge in [0, 0.05) is 4.47 Å². The van der Waals surface area contributed by atoms with Gasteiger partial charge in [-0.3, -0.25) is 4.79 Å². The molecule has 2 fully saturated rings. The molecule has 0 aromatic heterocycles. The molecule has 0 spiro atoms. The van der Waals surface area contributed by atoms with Gasteiger partial charge in [-0.2, -0.15) is 11.8 Å². The Balaban J connectivity index is 1.80. The fourth-order valence-electron chi connectivity index (χ4n) is 3.36. The topological polar surface area (TPSA) is 37.3 Å². The van der Waals surface area contributed by atoms with Crippen molar-refractivity contribution in [1.82, 2.24) is 0 Å². The maximum atomic E-state index is 11.1. The molecule has 1 saturated carbocycles. The molecule has 1 unspecified atom stereocenters. The van der Waals surface area contributed by atoms with Crippen molar-refractivity contribution >= 4 is 33.7 Å². The fourth-order valence-corrected chi connectivity index (χ4v) is 5.18. The molecule has 1 aromatic carbocycles. The number of aliphatic carboxylic acids is 1. The fraction of sp³-hybridized carbons (Fsp3) is 0.588. The van der Waals surface area contributed by atoms with Gasteiger partial charge in [-0.15, -0.1) is 0 Å². The Morgan fingerprint density at radius 1 is 1.29 bits per heavy atom. The lowest BCUT2D eigenvalue weighted by Gasteiger charge is -2.24. The molecule has 3 rings (SSSR count). The molecule has 1 aliphatic heterocycles. The predicted octanol–water partition coefficient (Wildman–Crippen LogP) is 5.03. The Morgan fingerprint density at radius 3 is 2.57 bits per heavy atom. The van der Waals surface area contributed by atoms with Crippen LogP contribution >= 0.6 is 27.7 Å². The zero-order chi connectivity index (χ0) is 14.8. The highest BCUT2D eigenvalue weighted by molar-refractivity contribution is 9.10. The maximum absolute atomic E-state index is 11.1. The standard InChI is InChI=1S/C17H21BrO2S/c18-16-9-13(15(10-17(19)20)11-1-2-11)3-4-14(16)12-5-7-21-8-6-12/h3-4,9,11-12,15H,1-2,5-8,10H2,(H,19,20). The number of halogens is 1. The summed E-state index contributed by atoms with van der Waals surface area (Å²) < 4.78 is 1.17. The number of carboxylic acid groups (broad SMARTS) is 1. The van der Waals surface area contributed by atoms with Gasteiger partial charge in [0.2, 0.25) is 0 Å². The van der Waals surface area contributed by atoms with Crippen LogP contribution < -0.4 is 0 Å². The van der Waals surface area contributed by atoms with Crippen LogP contribution in [0.2, 0.25) is 0 Å². The average Bonchev–Trinajstić information content (AvgIpc) is 3.30. The molecule has 2 aliphatic rings. The van der Waals surface area contributed by atoms with E-state index in [-0.39, 0.29) is 12.3 Å². The second-order valence-electron chi connectivity index (χ2n) is 6.21. The van der Waals surface area contributed by atoms with E-state index in [1.165, 1.54) is 52.8 Å². The summed E-state index contributed by atoms with van der Waals surface area (Å²) in [6.45, 7) is 0. The smallest absolute Gasteiger partial charge is 0.303 e. The molecule has 114 valence electrons. The van der Waals surface area contributed by atoms with E-state index in [9.17, 15) is 4.79 Å². The molecule has 2 nitrogen and oxygen atoms in total.